The maximum atomic E-state index is 9.78. The van der Waals surface area contributed by atoms with Gasteiger partial charge in [0.2, 0.25) is 0 Å². The third-order valence-electron chi connectivity index (χ3n) is 2.81. The third-order valence-corrected chi connectivity index (χ3v) is 2.81. The van der Waals surface area contributed by atoms with Crippen molar-refractivity contribution >= 4 is 0 Å². The van der Waals surface area contributed by atoms with Crippen LogP contribution in [0, 0.1) is 0 Å². The summed E-state index contributed by atoms with van der Waals surface area (Å²) in [7, 11) is 0. The Kier molecular flexibility index (Phi) is 4.19. The fraction of sp³-hybridized carbons (Fsp3) is 0.385. The van der Waals surface area contributed by atoms with Crippen molar-refractivity contribution in [1.82, 2.24) is 0 Å². The standard InChI is InChI=1S/C13H16O5/c14-6-11-13(12(16)10(15)8-17-11)18-7-9-4-2-1-3-5-9/h1-5,8,11-16H,6-7H2/t11-,12-,13-/m1/s1. The Morgan fingerprint density at radius 1 is 1.22 bits per heavy atom. The first-order valence-corrected chi connectivity index (χ1v) is 5.71. The van der Waals surface area contributed by atoms with Gasteiger partial charge < -0.3 is 24.8 Å². The van der Waals surface area contributed by atoms with Gasteiger partial charge >= 0.3 is 0 Å². The molecule has 3 N–H and O–H groups in total. The van der Waals surface area contributed by atoms with Gasteiger partial charge in [0.15, 0.2) is 5.76 Å². The van der Waals surface area contributed by atoms with Crippen molar-refractivity contribution in [2.75, 3.05) is 6.61 Å². The zero-order valence-corrected chi connectivity index (χ0v) is 9.77. The van der Waals surface area contributed by atoms with Gasteiger partial charge in [-0.25, -0.2) is 0 Å². The van der Waals surface area contributed by atoms with E-state index in [1.165, 1.54) is 0 Å². The smallest absolute Gasteiger partial charge is 0.158 e. The van der Waals surface area contributed by atoms with Gasteiger partial charge in [0, 0.05) is 0 Å². The molecule has 0 spiro atoms. The van der Waals surface area contributed by atoms with E-state index in [2.05, 4.69) is 0 Å². The van der Waals surface area contributed by atoms with E-state index in [4.69, 9.17) is 14.6 Å². The summed E-state index contributed by atoms with van der Waals surface area (Å²) in [4.78, 5) is 0. The Balaban J connectivity index is 2.00. The molecule has 2 rings (SSSR count). The number of ether oxygens (including phenoxy) is 2. The lowest BCUT2D eigenvalue weighted by Gasteiger charge is -2.32. The maximum Gasteiger partial charge on any atom is 0.158 e. The Morgan fingerprint density at radius 2 is 1.94 bits per heavy atom. The Labute approximate surface area is 105 Å². The van der Waals surface area contributed by atoms with Crippen LogP contribution in [-0.4, -0.2) is 40.2 Å². The van der Waals surface area contributed by atoms with Gasteiger partial charge in [-0.2, -0.15) is 0 Å². The molecule has 0 amide bonds. The Hall–Kier alpha value is -1.56. The molecular weight excluding hydrogens is 236 g/mol. The van der Waals surface area contributed by atoms with Crippen LogP contribution in [0.1, 0.15) is 5.56 Å². The molecule has 0 saturated heterocycles. The van der Waals surface area contributed by atoms with Crippen molar-refractivity contribution in [3.05, 3.63) is 47.9 Å². The normalized spacial score (nSPS) is 27.4. The molecular formula is C13H16O5. The lowest BCUT2D eigenvalue weighted by atomic mass is 10.0. The second kappa shape index (κ2) is 5.86. The summed E-state index contributed by atoms with van der Waals surface area (Å²) in [6.07, 6.45) is -1.62. The predicted molar refractivity (Wildman–Crippen MR) is 63.7 cm³/mol. The molecule has 5 nitrogen and oxygen atoms in total. The lowest BCUT2D eigenvalue weighted by molar-refractivity contribution is -0.136. The summed E-state index contributed by atoms with van der Waals surface area (Å²) >= 11 is 0. The third kappa shape index (κ3) is 2.81. The molecule has 0 saturated carbocycles. The molecule has 0 aliphatic carbocycles. The van der Waals surface area contributed by atoms with Gasteiger partial charge in [0.1, 0.15) is 24.6 Å². The van der Waals surface area contributed by atoms with E-state index in [-0.39, 0.29) is 19.0 Å². The quantitative estimate of drug-likeness (QED) is 0.736. The van der Waals surface area contributed by atoms with E-state index < -0.39 is 18.3 Å². The highest BCUT2D eigenvalue weighted by atomic mass is 16.6. The average Bonchev–Trinajstić information content (AvgIpc) is 2.41. The highest BCUT2D eigenvalue weighted by Gasteiger charge is 2.36. The van der Waals surface area contributed by atoms with Crippen LogP contribution in [0.3, 0.4) is 0 Å². The lowest BCUT2D eigenvalue weighted by Crippen LogP contribution is -2.46. The topological polar surface area (TPSA) is 79.2 Å². The maximum absolute atomic E-state index is 9.78. The number of hydrogen-bond donors (Lipinski definition) is 3. The van der Waals surface area contributed by atoms with Gasteiger partial charge in [-0.05, 0) is 5.56 Å². The van der Waals surface area contributed by atoms with Gasteiger partial charge in [0.25, 0.3) is 0 Å². The number of rotatable bonds is 4. The molecule has 18 heavy (non-hydrogen) atoms. The van der Waals surface area contributed by atoms with Crippen molar-refractivity contribution < 1.29 is 24.8 Å². The van der Waals surface area contributed by atoms with Crippen molar-refractivity contribution in [3.8, 4) is 0 Å². The van der Waals surface area contributed by atoms with E-state index >= 15 is 0 Å². The molecule has 5 heteroatoms. The van der Waals surface area contributed by atoms with Crippen molar-refractivity contribution in [2.24, 2.45) is 0 Å². The predicted octanol–water partition coefficient (Wildman–Crippen LogP) is 0.723. The van der Waals surface area contributed by atoms with Gasteiger partial charge in [0.05, 0.1) is 13.2 Å². The van der Waals surface area contributed by atoms with E-state index in [0.29, 0.717) is 0 Å². The highest BCUT2D eigenvalue weighted by molar-refractivity contribution is 5.14. The van der Waals surface area contributed by atoms with Gasteiger partial charge in [-0.3, -0.25) is 0 Å². The summed E-state index contributed by atoms with van der Waals surface area (Å²) in [6.45, 7) is -0.0179. The molecule has 1 aliphatic rings. The summed E-state index contributed by atoms with van der Waals surface area (Å²) in [5, 5.41) is 28.3. The molecule has 0 bridgehead atoms. The molecule has 0 radical (unpaired) electrons. The average molecular weight is 252 g/mol. The molecule has 1 aromatic carbocycles. The van der Waals surface area contributed by atoms with Crippen LogP contribution in [0.5, 0.6) is 0 Å². The highest BCUT2D eigenvalue weighted by Crippen LogP contribution is 2.21. The minimum Gasteiger partial charge on any atom is -0.506 e. The van der Waals surface area contributed by atoms with E-state index in [9.17, 15) is 10.2 Å². The van der Waals surface area contributed by atoms with Crippen molar-refractivity contribution in [2.45, 2.75) is 24.9 Å². The number of aliphatic hydroxyl groups excluding tert-OH is 3. The van der Waals surface area contributed by atoms with E-state index in [1.54, 1.807) is 0 Å². The summed E-state index contributed by atoms with van der Waals surface area (Å²) < 4.78 is 10.6. The molecule has 0 unspecified atom stereocenters. The van der Waals surface area contributed by atoms with Gasteiger partial charge in [-0.1, -0.05) is 30.3 Å². The van der Waals surface area contributed by atoms with Crippen LogP contribution < -0.4 is 0 Å². The van der Waals surface area contributed by atoms with Crippen LogP contribution in [-0.2, 0) is 16.1 Å². The molecule has 0 aromatic heterocycles. The van der Waals surface area contributed by atoms with Crippen LogP contribution in [0.15, 0.2) is 42.4 Å². The van der Waals surface area contributed by atoms with E-state index in [0.717, 1.165) is 11.8 Å². The fourth-order valence-corrected chi connectivity index (χ4v) is 1.79. The van der Waals surface area contributed by atoms with Gasteiger partial charge in [-0.15, -0.1) is 0 Å². The molecule has 3 atom stereocenters. The number of aliphatic hydroxyl groups is 3. The van der Waals surface area contributed by atoms with Crippen LogP contribution in [0.2, 0.25) is 0 Å². The molecule has 1 aromatic rings. The molecule has 1 heterocycles. The Bertz CT molecular complexity index is 403. The minimum atomic E-state index is -1.18. The van der Waals surface area contributed by atoms with Crippen molar-refractivity contribution in [1.29, 1.82) is 0 Å². The van der Waals surface area contributed by atoms with Crippen molar-refractivity contribution in [3.63, 3.8) is 0 Å². The first kappa shape index (κ1) is 12.9. The minimum absolute atomic E-state index is 0.274. The summed E-state index contributed by atoms with van der Waals surface area (Å²) in [6, 6.07) is 9.44. The number of hydrogen-bond acceptors (Lipinski definition) is 5. The number of benzene rings is 1. The zero-order valence-electron chi connectivity index (χ0n) is 9.77. The second-order valence-electron chi connectivity index (χ2n) is 4.11. The monoisotopic (exact) mass is 252 g/mol. The second-order valence-corrected chi connectivity index (χ2v) is 4.11. The molecule has 98 valence electrons. The summed E-state index contributed by atoms with van der Waals surface area (Å²) in [5.41, 5.74) is 0.940. The largest absolute Gasteiger partial charge is 0.506 e. The Morgan fingerprint density at radius 3 is 2.61 bits per heavy atom. The van der Waals surface area contributed by atoms with E-state index in [1.807, 2.05) is 30.3 Å². The molecule has 1 aliphatic heterocycles. The SMILES string of the molecule is OC[C@H]1OC=C(O)[C@@H](O)[C@@H]1OCc1ccccc1. The van der Waals surface area contributed by atoms with Crippen LogP contribution in [0.25, 0.3) is 0 Å². The first-order valence-electron chi connectivity index (χ1n) is 5.71. The van der Waals surface area contributed by atoms with Crippen LogP contribution in [0.4, 0.5) is 0 Å². The summed E-state index contributed by atoms with van der Waals surface area (Å²) in [5.74, 6) is -0.294. The fourth-order valence-electron chi connectivity index (χ4n) is 1.79. The first-order chi connectivity index (χ1) is 8.72. The van der Waals surface area contributed by atoms with Crippen LogP contribution >= 0.6 is 0 Å². The molecule has 0 fully saturated rings. The zero-order chi connectivity index (χ0) is 13.0.